The normalized spacial score (nSPS) is 16.1. The van der Waals surface area contributed by atoms with Gasteiger partial charge >= 0.3 is 0 Å². The van der Waals surface area contributed by atoms with Crippen molar-refractivity contribution in [2.45, 2.75) is 43.4 Å². The lowest BCUT2D eigenvalue weighted by atomic mass is 9.89. The van der Waals surface area contributed by atoms with Crippen molar-refractivity contribution >= 4 is 39.0 Å². The summed E-state index contributed by atoms with van der Waals surface area (Å²) in [4.78, 5) is 31.8. The predicted octanol–water partition coefficient (Wildman–Crippen LogP) is 4.16. The average Bonchev–Trinajstić information content (AvgIpc) is 3.73. The molecule has 1 aliphatic carbocycles. The van der Waals surface area contributed by atoms with Crippen LogP contribution in [-0.4, -0.2) is 52.8 Å². The number of hydrogen-bond acceptors (Lipinski definition) is 7. The van der Waals surface area contributed by atoms with E-state index in [1.807, 2.05) is 18.2 Å². The van der Waals surface area contributed by atoms with E-state index in [0.29, 0.717) is 43.1 Å². The van der Waals surface area contributed by atoms with Crippen molar-refractivity contribution < 1.29 is 22.4 Å². The number of carbonyl (C=O) groups excluding carboxylic acids is 2. The second kappa shape index (κ2) is 10.6. The molecule has 0 unspecified atom stereocenters. The highest BCUT2D eigenvalue weighted by molar-refractivity contribution is 7.90. The van der Waals surface area contributed by atoms with E-state index < -0.39 is 21.7 Å². The Kier molecular flexibility index (Phi) is 6.94. The number of aryl methyl sites for hydroxylation is 1. The smallest absolute Gasteiger partial charge is 0.269 e. The topological polar surface area (TPSA) is 126 Å². The van der Waals surface area contributed by atoms with E-state index in [4.69, 9.17) is 0 Å². The van der Waals surface area contributed by atoms with Crippen LogP contribution in [0.2, 0.25) is 0 Å². The first-order chi connectivity index (χ1) is 19.7. The van der Waals surface area contributed by atoms with Crippen LogP contribution in [0, 0.1) is 18.7 Å². The number of likely N-dealkylation sites (tertiary alicyclic amines) is 1. The van der Waals surface area contributed by atoms with Crippen LogP contribution < -0.4 is 10.0 Å². The monoisotopic (exact) mass is 576 g/mol. The van der Waals surface area contributed by atoms with Crippen LogP contribution in [0.15, 0.2) is 65.8 Å². The molecule has 2 aromatic heterocycles. The number of amides is 2. The van der Waals surface area contributed by atoms with Gasteiger partial charge in [0.1, 0.15) is 17.2 Å². The van der Waals surface area contributed by atoms with Crippen molar-refractivity contribution in [2.24, 2.45) is 5.92 Å². The van der Waals surface area contributed by atoms with E-state index in [9.17, 15) is 22.4 Å². The molecule has 3 heterocycles. The van der Waals surface area contributed by atoms with Gasteiger partial charge in [-0.3, -0.25) is 9.59 Å². The number of hydrogen-bond donors (Lipinski definition) is 2. The minimum atomic E-state index is -4.26. The van der Waals surface area contributed by atoms with Crippen LogP contribution in [-0.2, 0) is 14.8 Å². The minimum Gasteiger partial charge on any atom is -0.339 e. The fourth-order valence-electron chi connectivity index (χ4n) is 5.20. The zero-order chi connectivity index (χ0) is 28.7. The fraction of sp³-hybridized carbons (Fsp3) is 0.310. The zero-order valence-corrected chi connectivity index (χ0v) is 23.2. The van der Waals surface area contributed by atoms with Gasteiger partial charge in [-0.2, -0.15) is 9.61 Å². The Morgan fingerprint density at radius 1 is 1.00 bits per heavy atom. The summed E-state index contributed by atoms with van der Waals surface area (Å²) in [5.41, 5.74) is 2.47. The Morgan fingerprint density at radius 2 is 1.73 bits per heavy atom. The lowest BCUT2D eigenvalue weighted by molar-refractivity contribution is -0.120. The van der Waals surface area contributed by atoms with Crippen molar-refractivity contribution in [3.05, 3.63) is 83.4 Å². The maximum Gasteiger partial charge on any atom is 0.269 e. The molecule has 41 heavy (non-hydrogen) atoms. The summed E-state index contributed by atoms with van der Waals surface area (Å²) in [7, 11) is -4.26. The molecular formula is C29H29FN6O4S. The van der Waals surface area contributed by atoms with E-state index in [1.165, 1.54) is 34.5 Å². The fourth-order valence-corrected chi connectivity index (χ4v) is 6.31. The summed E-state index contributed by atoms with van der Waals surface area (Å²) < 4.78 is 43.3. The first-order valence-corrected chi connectivity index (χ1v) is 15.0. The van der Waals surface area contributed by atoms with E-state index in [2.05, 4.69) is 32.3 Å². The maximum atomic E-state index is 13.8. The lowest BCUT2D eigenvalue weighted by Crippen LogP contribution is -2.38. The molecule has 6 rings (SSSR count). The van der Waals surface area contributed by atoms with Gasteiger partial charge < -0.3 is 10.2 Å². The largest absolute Gasteiger partial charge is 0.339 e. The van der Waals surface area contributed by atoms with Crippen molar-refractivity contribution in [2.75, 3.05) is 18.4 Å². The van der Waals surface area contributed by atoms with Crippen molar-refractivity contribution in [3.8, 4) is 0 Å². The van der Waals surface area contributed by atoms with E-state index in [-0.39, 0.29) is 33.7 Å². The lowest BCUT2D eigenvalue weighted by Gasteiger charge is -2.32. The molecule has 0 spiro atoms. The predicted molar refractivity (Wildman–Crippen MR) is 150 cm³/mol. The second-order valence-electron chi connectivity index (χ2n) is 10.6. The molecule has 0 bridgehead atoms. The molecule has 1 saturated carbocycles. The van der Waals surface area contributed by atoms with Gasteiger partial charge in [0, 0.05) is 30.9 Å². The van der Waals surface area contributed by atoms with Gasteiger partial charge in [-0.15, -0.1) is 0 Å². The van der Waals surface area contributed by atoms with Crippen molar-refractivity contribution in [3.63, 3.8) is 0 Å². The van der Waals surface area contributed by atoms with Gasteiger partial charge in [-0.25, -0.2) is 22.5 Å². The van der Waals surface area contributed by atoms with Crippen LogP contribution in [0.3, 0.4) is 0 Å². The molecule has 0 atom stereocenters. The quantitative estimate of drug-likeness (QED) is 0.339. The van der Waals surface area contributed by atoms with Gasteiger partial charge in [-0.1, -0.05) is 30.3 Å². The standard InChI is InChI=1S/C29H29FN6O4S/c1-18-15-22(30)9-10-24(18)33-26-23(29(38)35-13-11-20(12-14-35)19-5-3-2-4-6-19)16-31-27-25(17-32-36(26)27)41(39,40)34-28(37)21-7-8-21/h2-6,9-10,15-17,20-21,33H,7-8,11-14H2,1H3,(H,34,37). The number of sulfonamides is 1. The molecule has 212 valence electrons. The van der Waals surface area contributed by atoms with E-state index >= 15 is 0 Å². The molecule has 4 aromatic rings. The number of benzene rings is 2. The molecule has 0 radical (unpaired) electrons. The molecule has 1 aliphatic heterocycles. The minimum absolute atomic E-state index is 0.0531. The van der Waals surface area contributed by atoms with Crippen LogP contribution >= 0.6 is 0 Å². The summed E-state index contributed by atoms with van der Waals surface area (Å²) in [5.74, 6) is -1.02. The van der Waals surface area contributed by atoms with E-state index in [1.54, 1.807) is 11.8 Å². The number of nitrogens with one attached hydrogen (secondary N) is 2. The summed E-state index contributed by atoms with van der Waals surface area (Å²) >= 11 is 0. The Bertz CT molecular complexity index is 1750. The third-order valence-electron chi connectivity index (χ3n) is 7.69. The second-order valence-corrected chi connectivity index (χ2v) is 12.2. The van der Waals surface area contributed by atoms with Gasteiger partial charge in [0.15, 0.2) is 10.5 Å². The van der Waals surface area contributed by atoms with Crippen LogP contribution in [0.5, 0.6) is 0 Å². The van der Waals surface area contributed by atoms with Gasteiger partial charge in [-0.05, 0) is 67.9 Å². The molecule has 2 N–H and O–H groups in total. The molecular weight excluding hydrogens is 547 g/mol. The summed E-state index contributed by atoms with van der Waals surface area (Å²) in [5, 5.41) is 7.42. The summed E-state index contributed by atoms with van der Waals surface area (Å²) in [6.07, 6.45) is 5.33. The van der Waals surface area contributed by atoms with Crippen LogP contribution in [0.4, 0.5) is 15.9 Å². The highest BCUT2D eigenvalue weighted by Gasteiger charge is 2.35. The first kappa shape index (κ1) is 26.9. The van der Waals surface area contributed by atoms with Crippen LogP contribution in [0.1, 0.15) is 53.1 Å². The van der Waals surface area contributed by atoms with Crippen molar-refractivity contribution in [1.82, 2.24) is 24.2 Å². The summed E-state index contributed by atoms with van der Waals surface area (Å²) in [6, 6.07) is 14.4. The number of rotatable bonds is 7. The molecule has 1 saturated heterocycles. The highest BCUT2D eigenvalue weighted by atomic mass is 32.2. The third-order valence-corrected chi connectivity index (χ3v) is 9.03. The average molecular weight is 577 g/mol. The number of fused-ring (bicyclic) bond motifs is 1. The van der Waals surface area contributed by atoms with Crippen molar-refractivity contribution in [1.29, 1.82) is 0 Å². The molecule has 2 amide bonds. The molecule has 2 fully saturated rings. The molecule has 2 aromatic carbocycles. The Labute approximate surface area is 236 Å². The zero-order valence-electron chi connectivity index (χ0n) is 22.4. The van der Waals surface area contributed by atoms with Crippen LogP contribution in [0.25, 0.3) is 5.65 Å². The first-order valence-electron chi connectivity index (χ1n) is 13.5. The van der Waals surface area contributed by atoms with Gasteiger partial charge in [0.25, 0.3) is 15.9 Å². The number of piperidine rings is 1. The molecule has 12 heteroatoms. The summed E-state index contributed by atoms with van der Waals surface area (Å²) in [6.45, 7) is 2.79. The number of halogens is 1. The van der Waals surface area contributed by atoms with E-state index in [0.717, 1.165) is 19.0 Å². The number of carbonyl (C=O) groups is 2. The van der Waals surface area contributed by atoms with Gasteiger partial charge in [0.2, 0.25) is 5.91 Å². The number of aromatic nitrogens is 3. The number of anilines is 2. The highest BCUT2D eigenvalue weighted by Crippen LogP contribution is 2.32. The third kappa shape index (κ3) is 5.39. The number of nitrogens with zero attached hydrogens (tertiary/aromatic N) is 4. The molecule has 10 nitrogen and oxygen atoms in total. The Balaban J connectivity index is 1.35. The molecule has 2 aliphatic rings. The Hall–Kier alpha value is -4.32. The SMILES string of the molecule is Cc1cc(F)ccc1Nc1c(C(=O)N2CCC(c3ccccc3)CC2)cnc2c(S(=O)(=O)NC(=O)C3CC3)cnn12. The van der Waals surface area contributed by atoms with Gasteiger partial charge in [0.05, 0.1) is 6.20 Å². The Morgan fingerprint density at radius 3 is 2.41 bits per heavy atom. The maximum absolute atomic E-state index is 13.8.